The summed E-state index contributed by atoms with van der Waals surface area (Å²) >= 11 is 6.08. The van der Waals surface area contributed by atoms with E-state index >= 15 is 0 Å². The molecule has 3 rings (SSSR count). The number of aryl methyl sites for hydroxylation is 1. The molecule has 0 atom stereocenters. The molecule has 2 aromatic carbocycles. The number of nitrogens with zero attached hydrogens (tertiary/aromatic N) is 1. The van der Waals surface area contributed by atoms with E-state index in [9.17, 15) is 9.59 Å². The molecule has 2 N–H and O–H groups in total. The molecule has 1 aliphatic heterocycles. The van der Waals surface area contributed by atoms with Gasteiger partial charge in [-0.05, 0) is 49.1 Å². The summed E-state index contributed by atoms with van der Waals surface area (Å²) in [4.78, 5) is 26.8. The first kappa shape index (κ1) is 19.2. The minimum absolute atomic E-state index is 0.0437. The lowest BCUT2D eigenvalue weighted by atomic mass is 10.1. The fourth-order valence-electron chi connectivity index (χ4n) is 3.18. The summed E-state index contributed by atoms with van der Waals surface area (Å²) in [5.74, 6) is -0.175. The van der Waals surface area contributed by atoms with E-state index in [1.807, 2.05) is 36.1 Å². The molecule has 1 heterocycles. The summed E-state index contributed by atoms with van der Waals surface area (Å²) in [5, 5.41) is 6.49. The van der Waals surface area contributed by atoms with Crippen molar-refractivity contribution in [3.8, 4) is 0 Å². The van der Waals surface area contributed by atoms with Crippen LogP contribution in [0, 0.1) is 6.92 Å². The Morgan fingerprint density at radius 1 is 1.11 bits per heavy atom. The maximum absolute atomic E-state index is 12.7. The number of likely N-dealkylation sites (tertiary alicyclic amines) is 1. The first-order chi connectivity index (χ1) is 13.0. The van der Waals surface area contributed by atoms with E-state index < -0.39 is 0 Å². The number of nitrogens with one attached hydrogen (secondary N) is 2. The highest BCUT2D eigenvalue weighted by molar-refractivity contribution is 6.31. The summed E-state index contributed by atoms with van der Waals surface area (Å²) < 4.78 is 0. The molecule has 0 aliphatic carbocycles. The average molecular weight is 386 g/mol. The molecule has 6 heteroatoms. The first-order valence-corrected chi connectivity index (χ1v) is 9.56. The van der Waals surface area contributed by atoms with Crippen molar-refractivity contribution in [2.24, 2.45) is 0 Å². The molecule has 1 fully saturated rings. The summed E-state index contributed by atoms with van der Waals surface area (Å²) in [6, 6.07) is 13.1. The van der Waals surface area contributed by atoms with Gasteiger partial charge >= 0.3 is 0 Å². The van der Waals surface area contributed by atoms with E-state index in [1.165, 1.54) is 0 Å². The first-order valence-electron chi connectivity index (χ1n) is 9.18. The molecule has 0 unspecified atom stereocenters. The van der Waals surface area contributed by atoms with Crippen LogP contribution in [-0.2, 0) is 11.3 Å². The van der Waals surface area contributed by atoms with Gasteiger partial charge in [0.05, 0.1) is 12.1 Å². The second kappa shape index (κ2) is 8.91. The monoisotopic (exact) mass is 385 g/mol. The average Bonchev–Trinajstić information content (AvgIpc) is 3.20. The molecule has 0 bridgehead atoms. The smallest absolute Gasteiger partial charge is 0.256 e. The Balaban J connectivity index is 1.61. The molecule has 27 heavy (non-hydrogen) atoms. The van der Waals surface area contributed by atoms with Gasteiger partial charge in [0.25, 0.3) is 5.91 Å². The number of amides is 2. The maximum atomic E-state index is 12.7. The topological polar surface area (TPSA) is 61.4 Å². The third-order valence-electron chi connectivity index (χ3n) is 4.78. The highest BCUT2D eigenvalue weighted by atomic mass is 35.5. The van der Waals surface area contributed by atoms with Crippen LogP contribution in [0.15, 0.2) is 42.5 Å². The van der Waals surface area contributed by atoms with E-state index in [0.717, 1.165) is 37.1 Å². The van der Waals surface area contributed by atoms with Crippen molar-refractivity contribution in [3.63, 3.8) is 0 Å². The normalized spacial score (nSPS) is 13.5. The zero-order valence-electron chi connectivity index (χ0n) is 15.4. The van der Waals surface area contributed by atoms with Crippen LogP contribution in [0.3, 0.4) is 0 Å². The molecular weight excluding hydrogens is 362 g/mol. The lowest BCUT2D eigenvalue weighted by Gasteiger charge is -2.18. The van der Waals surface area contributed by atoms with Gasteiger partial charge in [-0.1, -0.05) is 35.9 Å². The lowest BCUT2D eigenvalue weighted by Crippen LogP contribution is -2.31. The minimum Gasteiger partial charge on any atom is -0.376 e. The molecule has 1 saturated heterocycles. The van der Waals surface area contributed by atoms with E-state index in [0.29, 0.717) is 22.8 Å². The second-order valence-corrected chi connectivity index (χ2v) is 7.18. The number of halogens is 1. The highest BCUT2D eigenvalue weighted by Crippen LogP contribution is 2.24. The Bertz CT molecular complexity index is 832. The number of anilines is 1. The quantitative estimate of drug-likeness (QED) is 0.798. The van der Waals surface area contributed by atoms with Crippen LogP contribution in [0.4, 0.5) is 5.69 Å². The Morgan fingerprint density at radius 3 is 2.59 bits per heavy atom. The van der Waals surface area contributed by atoms with Crippen molar-refractivity contribution in [2.45, 2.75) is 26.3 Å². The fraction of sp³-hybridized carbons (Fsp3) is 0.333. The maximum Gasteiger partial charge on any atom is 0.256 e. The van der Waals surface area contributed by atoms with Crippen LogP contribution < -0.4 is 10.6 Å². The molecule has 0 radical (unpaired) electrons. The third kappa shape index (κ3) is 5.01. The zero-order chi connectivity index (χ0) is 19.2. The van der Waals surface area contributed by atoms with Crippen LogP contribution in [-0.4, -0.2) is 36.3 Å². The Morgan fingerprint density at radius 2 is 1.85 bits per heavy atom. The van der Waals surface area contributed by atoms with E-state index in [-0.39, 0.29) is 18.4 Å². The number of hydrogen-bond acceptors (Lipinski definition) is 3. The predicted octanol–water partition coefficient (Wildman–Crippen LogP) is 3.61. The van der Waals surface area contributed by atoms with Gasteiger partial charge in [0.1, 0.15) is 0 Å². The van der Waals surface area contributed by atoms with Crippen molar-refractivity contribution in [3.05, 3.63) is 64.2 Å². The number of rotatable bonds is 6. The van der Waals surface area contributed by atoms with Crippen molar-refractivity contribution < 1.29 is 9.59 Å². The van der Waals surface area contributed by atoms with Gasteiger partial charge in [0, 0.05) is 30.3 Å². The van der Waals surface area contributed by atoms with E-state index in [4.69, 9.17) is 11.6 Å². The van der Waals surface area contributed by atoms with Crippen LogP contribution in [0.25, 0.3) is 0 Å². The molecule has 0 aromatic heterocycles. The largest absolute Gasteiger partial charge is 0.376 e. The Kier molecular flexibility index (Phi) is 6.35. The van der Waals surface area contributed by atoms with Crippen LogP contribution >= 0.6 is 11.6 Å². The lowest BCUT2D eigenvalue weighted by molar-refractivity contribution is -0.119. The van der Waals surface area contributed by atoms with E-state index in [2.05, 4.69) is 10.6 Å². The van der Waals surface area contributed by atoms with Gasteiger partial charge in [0.2, 0.25) is 5.91 Å². The van der Waals surface area contributed by atoms with Crippen LogP contribution in [0.1, 0.15) is 34.3 Å². The van der Waals surface area contributed by atoms with Crippen molar-refractivity contribution in [1.82, 2.24) is 10.2 Å². The van der Waals surface area contributed by atoms with Crippen LogP contribution in [0.5, 0.6) is 0 Å². The molecule has 1 aliphatic rings. The molecular formula is C21H24ClN3O2. The van der Waals surface area contributed by atoms with Crippen molar-refractivity contribution in [1.29, 1.82) is 0 Å². The second-order valence-electron chi connectivity index (χ2n) is 6.75. The number of benzene rings is 2. The van der Waals surface area contributed by atoms with Gasteiger partial charge in [-0.2, -0.15) is 0 Å². The zero-order valence-corrected chi connectivity index (χ0v) is 16.2. The fourth-order valence-corrected chi connectivity index (χ4v) is 3.35. The molecule has 0 saturated carbocycles. The SMILES string of the molecule is Cc1ccccc1CNC(=O)CNc1ccc(Cl)cc1C(=O)N1CCCC1. The predicted molar refractivity (Wildman–Crippen MR) is 108 cm³/mol. The number of hydrogen-bond donors (Lipinski definition) is 2. The molecule has 2 aromatic rings. The molecule has 5 nitrogen and oxygen atoms in total. The standard InChI is InChI=1S/C21H24ClN3O2/c1-15-6-2-3-7-16(15)13-24-20(26)14-23-19-9-8-17(22)12-18(19)21(27)25-10-4-5-11-25/h2-3,6-9,12,23H,4-5,10-11,13-14H2,1H3,(H,24,26). The summed E-state index contributed by atoms with van der Waals surface area (Å²) in [6.45, 7) is 4.12. The van der Waals surface area contributed by atoms with Crippen molar-refractivity contribution in [2.75, 3.05) is 25.0 Å². The molecule has 2 amide bonds. The number of carbonyl (C=O) groups excluding carboxylic acids is 2. The highest BCUT2D eigenvalue weighted by Gasteiger charge is 2.22. The van der Waals surface area contributed by atoms with Gasteiger partial charge in [-0.3, -0.25) is 9.59 Å². The van der Waals surface area contributed by atoms with Gasteiger partial charge in [-0.15, -0.1) is 0 Å². The molecule has 142 valence electrons. The van der Waals surface area contributed by atoms with Gasteiger partial charge < -0.3 is 15.5 Å². The van der Waals surface area contributed by atoms with Gasteiger partial charge in [-0.25, -0.2) is 0 Å². The summed E-state index contributed by atoms with van der Waals surface area (Å²) in [5.41, 5.74) is 3.36. The van der Waals surface area contributed by atoms with E-state index in [1.54, 1.807) is 18.2 Å². The Hall–Kier alpha value is -2.53. The third-order valence-corrected chi connectivity index (χ3v) is 5.02. The minimum atomic E-state index is -0.132. The summed E-state index contributed by atoms with van der Waals surface area (Å²) in [6.07, 6.45) is 2.05. The summed E-state index contributed by atoms with van der Waals surface area (Å²) in [7, 11) is 0. The van der Waals surface area contributed by atoms with Crippen LogP contribution in [0.2, 0.25) is 5.02 Å². The van der Waals surface area contributed by atoms with Gasteiger partial charge in [0.15, 0.2) is 0 Å². The van der Waals surface area contributed by atoms with Crippen molar-refractivity contribution >= 4 is 29.1 Å². The Labute approximate surface area is 164 Å². The molecule has 0 spiro atoms. The number of carbonyl (C=O) groups is 2.